The van der Waals surface area contributed by atoms with Gasteiger partial charge < -0.3 is 9.88 Å². The standard InChI is InChI=1S/C20H22N6O/c1-13(10-18-25-22-12-26(18)2)15-4-3-5-16(11-15)23-20(27)17-8-9-21-19(24-17)14-6-7-14/h3-5,8-9,11-14H,6-7,10H2,1-2H3,(H,23,27)/t13-/m1/s1. The van der Waals surface area contributed by atoms with E-state index in [2.05, 4.69) is 38.5 Å². The second-order valence-electron chi connectivity index (χ2n) is 7.12. The van der Waals surface area contributed by atoms with Gasteiger partial charge >= 0.3 is 0 Å². The first-order chi connectivity index (χ1) is 13.1. The van der Waals surface area contributed by atoms with Gasteiger partial charge in [0, 0.05) is 31.3 Å². The highest BCUT2D eigenvalue weighted by Gasteiger charge is 2.27. The number of aromatic nitrogens is 5. The quantitative estimate of drug-likeness (QED) is 0.728. The summed E-state index contributed by atoms with van der Waals surface area (Å²) in [6.07, 6.45) is 6.36. The second kappa shape index (κ2) is 7.26. The number of benzene rings is 1. The van der Waals surface area contributed by atoms with Crippen LogP contribution in [0.3, 0.4) is 0 Å². The zero-order chi connectivity index (χ0) is 18.8. The molecule has 3 aromatic rings. The van der Waals surface area contributed by atoms with Gasteiger partial charge in [0.2, 0.25) is 0 Å². The van der Waals surface area contributed by atoms with Gasteiger partial charge in [-0.25, -0.2) is 9.97 Å². The maximum atomic E-state index is 12.6. The fourth-order valence-electron chi connectivity index (χ4n) is 3.04. The van der Waals surface area contributed by atoms with Crippen molar-refractivity contribution in [3.8, 4) is 0 Å². The lowest BCUT2D eigenvalue weighted by Crippen LogP contribution is -2.15. The molecular weight excluding hydrogens is 340 g/mol. The first kappa shape index (κ1) is 17.3. The molecule has 0 bridgehead atoms. The predicted molar refractivity (Wildman–Crippen MR) is 102 cm³/mol. The van der Waals surface area contributed by atoms with Gasteiger partial charge in [0.05, 0.1) is 0 Å². The minimum Gasteiger partial charge on any atom is -0.321 e. The van der Waals surface area contributed by atoms with Crippen LogP contribution < -0.4 is 5.32 Å². The van der Waals surface area contributed by atoms with E-state index in [1.54, 1.807) is 18.6 Å². The minimum atomic E-state index is -0.211. The Labute approximate surface area is 157 Å². The Kier molecular flexibility index (Phi) is 4.66. The third-order valence-electron chi connectivity index (χ3n) is 4.86. The topological polar surface area (TPSA) is 85.6 Å². The molecule has 1 amide bonds. The summed E-state index contributed by atoms with van der Waals surface area (Å²) in [6, 6.07) is 9.56. The molecule has 1 fully saturated rings. The molecule has 1 aliphatic carbocycles. The van der Waals surface area contributed by atoms with Crippen molar-refractivity contribution in [3.05, 3.63) is 65.8 Å². The van der Waals surface area contributed by atoms with Gasteiger partial charge in [-0.05, 0) is 42.5 Å². The van der Waals surface area contributed by atoms with Crippen LogP contribution in [0, 0.1) is 0 Å². The highest BCUT2D eigenvalue weighted by Crippen LogP contribution is 2.37. The Morgan fingerprint density at radius 3 is 2.93 bits per heavy atom. The van der Waals surface area contributed by atoms with Crippen LogP contribution in [0.5, 0.6) is 0 Å². The van der Waals surface area contributed by atoms with E-state index in [1.807, 2.05) is 29.8 Å². The zero-order valence-corrected chi connectivity index (χ0v) is 15.5. The largest absolute Gasteiger partial charge is 0.321 e. The molecule has 1 N–H and O–H groups in total. The van der Waals surface area contributed by atoms with Crippen molar-refractivity contribution in [1.82, 2.24) is 24.7 Å². The van der Waals surface area contributed by atoms with Crippen LogP contribution in [0.4, 0.5) is 5.69 Å². The molecule has 0 saturated heterocycles. The van der Waals surface area contributed by atoms with Crippen molar-refractivity contribution in [2.45, 2.75) is 38.0 Å². The summed E-state index contributed by atoms with van der Waals surface area (Å²) < 4.78 is 1.93. The molecule has 4 rings (SSSR count). The second-order valence-corrected chi connectivity index (χ2v) is 7.12. The van der Waals surface area contributed by atoms with Gasteiger partial charge in [0.25, 0.3) is 5.91 Å². The number of carbonyl (C=O) groups excluding carboxylic acids is 1. The van der Waals surface area contributed by atoms with Gasteiger partial charge in [-0.15, -0.1) is 10.2 Å². The molecule has 1 atom stereocenters. The molecule has 0 spiro atoms. The molecule has 1 saturated carbocycles. The van der Waals surface area contributed by atoms with Crippen molar-refractivity contribution in [3.63, 3.8) is 0 Å². The lowest BCUT2D eigenvalue weighted by Gasteiger charge is -2.13. The van der Waals surface area contributed by atoms with Crippen LogP contribution in [0.1, 0.15) is 59.3 Å². The Balaban J connectivity index is 1.46. The number of rotatable bonds is 6. The lowest BCUT2D eigenvalue weighted by molar-refractivity contribution is 0.102. The lowest BCUT2D eigenvalue weighted by atomic mass is 9.97. The zero-order valence-electron chi connectivity index (χ0n) is 15.5. The van der Waals surface area contributed by atoms with Gasteiger partial charge in [-0.2, -0.15) is 0 Å². The number of anilines is 1. The maximum absolute atomic E-state index is 12.6. The Morgan fingerprint density at radius 2 is 2.19 bits per heavy atom. The Hall–Kier alpha value is -3.09. The number of amides is 1. The van der Waals surface area contributed by atoms with Gasteiger partial charge in [0.15, 0.2) is 0 Å². The van der Waals surface area contributed by atoms with E-state index >= 15 is 0 Å². The predicted octanol–water partition coefficient (Wildman–Crippen LogP) is 3.08. The minimum absolute atomic E-state index is 0.211. The molecule has 0 aliphatic heterocycles. The molecule has 138 valence electrons. The molecule has 0 unspecified atom stereocenters. The highest BCUT2D eigenvalue weighted by atomic mass is 16.1. The normalized spacial score (nSPS) is 14.7. The van der Waals surface area contributed by atoms with E-state index in [0.717, 1.165) is 42.2 Å². The van der Waals surface area contributed by atoms with Crippen molar-refractivity contribution >= 4 is 11.6 Å². The molecule has 2 aromatic heterocycles. The van der Waals surface area contributed by atoms with E-state index in [-0.39, 0.29) is 11.8 Å². The number of hydrogen-bond acceptors (Lipinski definition) is 5. The molecular formula is C20H22N6O. The van der Waals surface area contributed by atoms with Crippen LogP contribution in [-0.2, 0) is 13.5 Å². The Morgan fingerprint density at radius 1 is 1.33 bits per heavy atom. The summed E-state index contributed by atoms with van der Waals surface area (Å²) in [4.78, 5) is 21.2. The van der Waals surface area contributed by atoms with Crippen LogP contribution in [0.25, 0.3) is 0 Å². The summed E-state index contributed by atoms with van der Waals surface area (Å²) in [7, 11) is 1.94. The van der Waals surface area contributed by atoms with Crippen LogP contribution in [0.15, 0.2) is 42.9 Å². The monoisotopic (exact) mass is 362 g/mol. The van der Waals surface area contributed by atoms with E-state index in [1.165, 1.54) is 0 Å². The van der Waals surface area contributed by atoms with Crippen molar-refractivity contribution in [1.29, 1.82) is 0 Å². The smallest absolute Gasteiger partial charge is 0.274 e. The van der Waals surface area contributed by atoms with Gasteiger partial charge in [0.1, 0.15) is 23.7 Å². The van der Waals surface area contributed by atoms with E-state index in [0.29, 0.717) is 11.6 Å². The van der Waals surface area contributed by atoms with Crippen LogP contribution in [0.2, 0.25) is 0 Å². The van der Waals surface area contributed by atoms with Crippen molar-refractivity contribution < 1.29 is 4.79 Å². The summed E-state index contributed by atoms with van der Waals surface area (Å²) in [5.41, 5.74) is 2.30. The first-order valence-electron chi connectivity index (χ1n) is 9.17. The molecule has 7 heteroatoms. The summed E-state index contributed by atoms with van der Waals surface area (Å²) in [6.45, 7) is 2.14. The molecule has 0 radical (unpaired) electrons. The van der Waals surface area contributed by atoms with E-state index in [4.69, 9.17) is 0 Å². The summed E-state index contributed by atoms with van der Waals surface area (Å²) in [5.74, 6) is 2.17. The van der Waals surface area contributed by atoms with E-state index < -0.39 is 0 Å². The van der Waals surface area contributed by atoms with Gasteiger partial charge in [-0.1, -0.05) is 19.1 Å². The Bertz CT molecular complexity index is 962. The fraction of sp³-hybridized carbons (Fsp3) is 0.350. The van der Waals surface area contributed by atoms with Crippen molar-refractivity contribution in [2.24, 2.45) is 7.05 Å². The first-order valence-corrected chi connectivity index (χ1v) is 9.17. The molecule has 1 aromatic carbocycles. The molecule has 2 heterocycles. The molecule has 7 nitrogen and oxygen atoms in total. The SMILES string of the molecule is C[C@H](Cc1nncn1C)c1cccc(NC(=O)c2ccnc(C3CC3)n2)c1. The fourth-order valence-corrected chi connectivity index (χ4v) is 3.04. The number of aryl methyl sites for hydroxylation is 1. The van der Waals surface area contributed by atoms with Crippen LogP contribution >= 0.6 is 0 Å². The number of nitrogens with zero attached hydrogens (tertiary/aromatic N) is 5. The number of carbonyl (C=O) groups is 1. The third kappa shape index (κ3) is 4.02. The molecule has 27 heavy (non-hydrogen) atoms. The van der Waals surface area contributed by atoms with Crippen LogP contribution in [-0.4, -0.2) is 30.6 Å². The molecule has 1 aliphatic rings. The maximum Gasteiger partial charge on any atom is 0.274 e. The summed E-state index contributed by atoms with van der Waals surface area (Å²) >= 11 is 0. The third-order valence-corrected chi connectivity index (χ3v) is 4.86. The van der Waals surface area contributed by atoms with E-state index in [9.17, 15) is 4.79 Å². The highest BCUT2D eigenvalue weighted by molar-refractivity contribution is 6.02. The number of nitrogens with one attached hydrogen (secondary N) is 1. The average molecular weight is 362 g/mol. The van der Waals surface area contributed by atoms with Gasteiger partial charge in [-0.3, -0.25) is 4.79 Å². The summed E-state index contributed by atoms with van der Waals surface area (Å²) in [5, 5.41) is 11.0. The number of hydrogen-bond donors (Lipinski definition) is 1. The average Bonchev–Trinajstić information content (AvgIpc) is 3.46. The van der Waals surface area contributed by atoms with Crippen molar-refractivity contribution in [2.75, 3.05) is 5.32 Å².